The predicted octanol–water partition coefficient (Wildman–Crippen LogP) is 0.265. The number of carbonyl (C=O) groups excluding carboxylic acids is 2. The molecule has 2 aliphatic rings. The maximum Gasteiger partial charge on any atom is 0.435 e. The first-order valence-corrected chi connectivity index (χ1v) is 11.7. The molecule has 2 amide bonds. The van der Waals surface area contributed by atoms with E-state index in [1.54, 1.807) is 7.05 Å². The van der Waals surface area contributed by atoms with Gasteiger partial charge in [-0.1, -0.05) is 11.8 Å². The number of β-lactam (4-membered cyclic amide) rings is 1. The van der Waals surface area contributed by atoms with Gasteiger partial charge in [0.05, 0.1) is 0 Å². The third-order valence-corrected chi connectivity index (χ3v) is 7.52. The van der Waals surface area contributed by atoms with Crippen molar-refractivity contribution in [2.45, 2.75) is 36.2 Å². The summed E-state index contributed by atoms with van der Waals surface area (Å²) in [7, 11) is 1.64. The highest BCUT2D eigenvalue weighted by atomic mass is 32.2. The molecule has 0 radical (unpaired) electrons. The van der Waals surface area contributed by atoms with Gasteiger partial charge in [0, 0.05) is 24.2 Å². The Morgan fingerprint density at radius 3 is 2.71 bits per heavy atom. The zero-order chi connectivity index (χ0) is 24.8. The minimum atomic E-state index is -4.64. The molecule has 4 heterocycles. The van der Waals surface area contributed by atoms with Gasteiger partial charge in [-0.2, -0.15) is 18.3 Å². The second kappa shape index (κ2) is 8.94. The number of hydrogen-bond acceptors (Lipinski definition) is 9. The molecule has 0 spiro atoms. The number of aryl methyl sites for hydroxylation is 2. The van der Waals surface area contributed by atoms with E-state index in [0.29, 0.717) is 16.5 Å². The number of rotatable bonds is 7. The molecule has 4 rings (SSSR count). The molecule has 12 nitrogen and oxygen atoms in total. The predicted molar refractivity (Wildman–Crippen MR) is 111 cm³/mol. The molecule has 1 fully saturated rings. The highest BCUT2D eigenvalue weighted by molar-refractivity contribution is 8.01. The van der Waals surface area contributed by atoms with Gasteiger partial charge < -0.3 is 10.4 Å². The smallest absolute Gasteiger partial charge is 0.435 e. The fourth-order valence-electron chi connectivity index (χ4n) is 3.45. The van der Waals surface area contributed by atoms with E-state index < -0.39 is 47.6 Å². The number of carboxylic acids is 1. The van der Waals surface area contributed by atoms with E-state index in [1.807, 2.05) is 0 Å². The Bertz CT molecular complexity index is 1190. The molecule has 1 saturated heterocycles. The first-order valence-electron chi connectivity index (χ1n) is 9.63. The van der Waals surface area contributed by atoms with Crippen molar-refractivity contribution < 1.29 is 32.7 Å². The number of amides is 2. The van der Waals surface area contributed by atoms with Crippen LogP contribution in [0.2, 0.25) is 0 Å². The zero-order valence-corrected chi connectivity index (χ0v) is 19.2. The number of fused-ring (bicyclic) bond motifs is 1. The molecule has 2 aliphatic heterocycles. The van der Waals surface area contributed by atoms with Gasteiger partial charge >= 0.3 is 12.1 Å². The van der Waals surface area contributed by atoms with Gasteiger partial charge in [-0.05, 0) is 29.0 Å². The Hall–Kier alpha value is -3.08. The molecule has 0 saturated carbocycles. The average Bonchev–Trinajstić information content (AvgIpc) is 3.34. The first-order chi connectivity index (χ1) is 16.0. The number of alkyl halides is 3. The van der Waals surface area contributed by atoms with Crippen molar-refractivity contribution in [1.82, 2.24) is 40.2 Å². The summed E-state index contributed by atoms with van der Waals surface area (Å²) in [6, 6.07) is -0.178. The largest absolute Gasteiger partial charge is 0.477 e. The van der Waals surface area contributed by atoms with Gasteiger partial charge in [0.2, 0.25) is 11.1 Å². The van der Waals surface area contributed by atoms with Crippen molar-refractivity contribution >= 4 is 41.3 Å². The average molecular weight is 519 g/mol. The van der Waals surface area contributed by atoms with Gasteiger partial charge in [-0.25, -0.2) is 9.48 Å². The van der Waals surface area contributed by atoms with Crippen LogP contribution in [0.15, 0.2) is 22.5 Å². The molecule has 2 aromatic rings. The highest BCUT2D eigenvalue weighted by Crippen LogP contribution is 2.41. The SMILES string of the molecule is Cc1cc(C(F)(F)F)nn1CC(=O)N[C@H]1C(=O)N2C(C(=O)O)=C(CSc3nnnn3C)CS[C@H]12. The van der Waals surface area contributed by atoms with Crippen LogP contribution < -0.4 is 5.32 Å². The van der Waals surface area contributed by atoms with E-state index in [4.69, 9.17) is 0 Å². The van der Waals surface area contributed by atoms with Crippen LogP contribution in [-0.2, 0) is 34.2 Å². The van der Waals surface area contributed by atoms with Crippen molar-refractivity contribution in [3.05, 3.63) is 28.7 Å². The molecule has 2 atom stereocenters. The number of carboxylic acid groups (broad SMARTS) is 1. The molecular weight excluding hydrogens is 501 g/mol. The lowest BCUT2D eigenvalue weighted by atomic mass is 10.0. The molecule has 0 bridgehead atoms. The standard InChI is InChI=1S/C17H17F3N8O4S2/c1-7-3-9(17(18,19)20)23-27(7)4-10(29)21-11-13(30)28-12(15(31)32)8(5-33-14(11)28)6-34-16-22-24-25-26(16)2/h3,11,14H,4-6H2,1-2H3,(H,21,29)(H,31,32)/t11-,14+/m0/s1. The lowest BCUT2D eigenvalue weighted by Gasteiger charge is -2.49. The molecule has 2 N–H and O–H groups in total. The number of carbonyl (C=O) groups is 3. The van der Waals surface area contributed by atoms with Crippen LogP contribution in [0.1, 0.15) is 11.4 Å². The molecular formula is C17H17F3N8O4S2. The molecule has 0 aliphatic carbocycles. The van der Waals surface area contributed by atoms with E-state index in [2.05, 4.69) is 25.9 Å². The number of aromatic nitrogens is 6. The summed E-state index contributed by atoms with van der Waals surface area (Å²) in [4.78, 5) is 38.2. The fraction of sp³-hybridized carbons (Fsp3) is 0.471. The molecule has 17 heteroatoms. The van der Waals surface area contributed by atoms with Crippen LogP contribution >= 0.6 is 23.5 Å². The van der Waals surface area contributed by atoms with E-state index in [1.165, 1.54) is 35.1 Å². The van der Waals surface area contributed by atoms with E-state index in [0.717, 1.165) is 15.6 Å². The van der Waals surface area contributed by atoms with Crippen molar-refractivity contribution in [3.63, 3.8) is 0 Å². The van der Waals surface area contributed by atoms with E-state index in [9.17, 15) is 32.7 Å². The molecule has 0 aromatic carbocycles. The molecule has 34 heavy (non-hydrogen) atoms. The van der Waals surface area contributed by atoms with E-state index >= 15 is 0 Å². The van der Waals surface area contributed by atoms with Crippen molar-refractivity contribution in [2.75, 3.05) is 11.5 Å². The Morgan fingerprint density at radius 1 is 1.38 bits per heavy atom. The molecule has 2 aromatic heterocycles. The Kier molecular flexibility index (Phi) is 6.32. The Morgan fingerprint density at radius 2 is 2.12 bits per heavy atom. The molecule has 0 unspecified atom stereocenters. The van der Waals surface area contributed by atoms with Gasteiger partial charge in [0.25, 0.3) is 5.91 Å². The highest BCUT2D eigenvalue weighted by Gasteiger charge is 2.54. The summed E-state index contributed by atoms with van der Waals surface area (Å²) in [5.41, 5.74) is -0.635. The summed E-state index contributed by atoms with van der Waals surface area (Å²) in [6.07, 6.45) is -4.64. The van der Waals surface area contributed by atoms with Crippen LogP contribution in [0.5, 0.6) is 0 Å². The quantitative estimate of drug-likeness (QED) is 0.386. The monoisotopic (exact) mass is 518 g/mol. The first kappa shape index (κ1) is 24.1. The van der Waals surface area contributed by atoms with Crippen LogP contribution in [0.25, 0.3) is 0 Å². The third kappa shape index (κ3) is 4.48. The number of halogens is 3. The summed E-state index contributed by atoms with van der Waals surface area (Å²) < 4.78 is 40.8. The second-order valence-electron chi connectivity index (χ2n) is 7.41. The number of nitrogens with zero attached hydrogens (tertiary/aromatic N) is 7. The lowest BCUT2D eigenvalue weighted by molar-refractivity contribution is -0.150. The number of hydrogen-bond donors (Lipinski definition) is 2. The fourth-order valence-corrected chi connectivity index (χ4v) is 5.79. The van der Waals surface area contributed by atoms with Crippen LogP contribution in [0.4, 0.5) is 13.2 Å². The summed E-state index contributed by atoms with van der Waals surface area (Å²) in [5.74, 6) is -2.05. The number of nitrogens with one attached hydrogen (secondary N) is 1. The van der Waals surface area contributed by atoms with Gasteiger partial charge in [-0.15, -0.1) is 16.9 Å². The van der Waals surface area contributed by atoms with E-state index in [-0.39, 0.29) is 17.1 Å². The minimum Gasteiger partial charge on any atom is -0.477 e. The normalized spacial score (nSPS) is 20.3. The number of thioether (sulfide) groups is 2. The van der Waals surface area contributed by atoms with Crippen molar-refractivity contribution in [3.8, 4) is 0 Å². The van der Waals surface area contributed by atoms with Crippen molar-refractivity contribution in [2.24, 2.45) is 7.05 Å². The third-order valence-electron chi connectivity index (χ3n) is 5.09. The number of tetrazole rings is 1. The maximum absolute atomic E-state index is 12.8. The Balaban J connectivity index is 1.43. The minimum absolute atomic E-state index is 0.132. The second-order valence-corrected chi connectivity index (χ2v) is 9.46. The van der Waals surface area contributed by atoms with Crippen LogP contribution in [0.3, 0.4) is 0 Å². The van der Waals surface area contributed by atoms with Crippen LogP contribution in [-0.4, -0.2) is 80.7 Å². The van der Waals surface area contributed by atoms with Gasteiger partial charge in [0.1, 0.15) is 23.7 Å². The maximum atomic E-state index is 12.8. The summed E-state index contributed by atoms with van der Waals surface area (Å²) in [5, 5.41) is 26.5. The number of aliphatic carboxylic acids is 1. The summed E-state index contributed by atoms with van der Waals surface area (Å²) >= 11 is 2.50. The van der Waals surface area contributed by atoms with Gasteiger partial charge in [0.15, 0.2) is 5.69 Å². The Labute approximate surface area is 197 Å². The summed E-state index contributed by atoms with van der Waals surface area (Å²) in [6.45, 7) is 0.863. The molecule has 182 valence electrons. The van der Waals surface area contributed by atoms with Crippen molar-refractivity contribution in [1.29, 1.82) is 0 Å². The lowest BCUT2D eigenvalue weighted by Crippen LogP contribution is -2.70. The topological polar surface area (TPSA) is 148 Å². The van der Waals surface area contributed by atoms with Crippen LogP contribution in [0, 0.1) is 6.92 Å². The zero-order valence-electron chi connectivity index (χ0n) is 17.6. The van der Waals surface area contributed by atoms with Gasteiger partial charge in [-0.3, -0.25) is 19.2 Å².